The van der Waals surface area contributed by atoms with Gasteiger partial charge in [0, 0.05) is 0 Å². The number of hydrogen-bond donors (Lipinski definition) is 0. The molecule has 0 atom stereocenters. The van der Waals surface area contributed by atoms with Crippen molar-refractivity contribution in [2.24, 2.45) is 5.22 Å². The van der Waals surface area contributed by atoms with Crippen LogP contribution in [0.4, 0.5) is 5.69 Å². The van der Waals surface area contributed by atoms with Gasteiger partial charge >= 0.3 is 5.91 Å². The number of hydroxylamine groups is 1. The summed E-state index contributed by atoms with van der Waals surface area (Å²) in [5, 5.41) is 15.3. The predicted octanol–water partition coefficient (Wildman–Crippen LogP) is 0.911. The largest absolute Gasteiger partial charge is 0.695 e. The highest BCUT2D eigenvalue weighted by molar-refractivity contribution is 5.93. The molecule has 1 amide bonds. The number of carbonyl (C=O) groups is 1. The van der Waals surface area contributed by atoms with Crippen LogP contribution in [0.15, 0.2) is 35.6 Å². The number of hydrogen-bond acceptors (Lipinski definition) is 3. The Kier molecular flexibility index (Phi) is 1.70. The molecule has 0 N–H and O–H groups in total. The van der Waals surface area contributed by atoms with Crippen molar-refractivity contribution >= 4 is 11.6 Å². The summed E-state index contributed by atoms with van der Waals surface area (Å²) >= 11 is 0. The maximum Gasteiger partial charge on any atom is 0.379 e. The lowest BCUT2D eigenvalue weighted by Crippen LogP contribution is -2.22. The Morgan fingerprint density at radius 3 is 2.62 bits per heavy atom. The summed E-state index contributed by atoms with van der Waals surface area (Å²) in [5.41, 5.74) is 0.617. The van der Waals surface area contributed by atoms with E-state index in [9.17, 15) is 10.0 Å². The average Bonchev–Trinajstić information content (AvgIpc) is 2.47. The summed E-state index contributed by atoms with van der Waals surface area (Å²) in [6.07, 6.45) is 0. The molecule has 2 rings (SSSR count). The van der Waals surface area contributed by atoms with Crippen LogP contribution in [0, 0.1) is 5.21 Å². The molecule has 0 fully saturated rings. The highest BCUT2D eigenvalue weighted by atomic mass is 16.5. The van der Waals surface area contributed by atoms with Crippen LogP contribution in [-0.4, -0.2) is 17.3 Å². The van der Waals surface area contributed by atoms with Crippen molar-refractivity contribution in [2.75, 3.05) is 11.6 Å². The number of rotatable bonds is 1. The lowest BCUT2D eigenvalue weighted by atomic mass is 10.3. The van der Waals surface area contributed by atoms with Gasteiger partial charge in [-0.2, -0.15) is 4.86 Å². The zero-order valence-electron chi connectivity index (χ0n) is 6.75. The van der Waals surface area contributed by atoms with Gasteiger partial charge in [-0.15, -0.1) is 0 Å². The first-order valence-electron chi connectivity index (χ1n) is 3.81. The molecule has 0 bridgehead atoms. The van der Waals surface area contributed by atoms with E-state index < -0.39 is 0 Å². The normalized spacial score (nSPS) is 16.2. The van der Waals surface area contributed by atoms with E-state index in [1.54, 1.807) is 24.3 Å². The fourth-order valence-electron chi connectivity index (χ4n) is 1.13. The first kappa shape index (κ1) is 7.72. The molecular weight excluding hydrogens is 170 g/mol. The molecular formula is C8H7N3O2. The van der Waals surface area contributed by atoms with Crippen molar-refractivity contribution in [3.05, 3.63) is 35.5 Å². The van der Waals surface area contributed by atoms with Crippen LogP contribution in [-0.2, 0) is 4.79 Å². The Bertz CT molecular complexity index is 361. The molecule has 1 aliphatic heterocycles. The molecule has 5 nitrogen and oxygen atoms in total. The first-order valence-corrected chi connectivity index (χ1v) is 3.81. The van der Waals surface area contributed by atoms with Gasteiger partial charge in [0.05, 0.1) is 5.22 Å². The Morgan fingerprint density at radius 1 is 1.38 bits per heavy atom. The second kappa shape index (κ2) is 2.85. The Hall–Kier alpha value is -1.91. The van der Waals surface area contributed by atoms with Crippen molar-refractivity contribution in [1.82, 2.24) is 0 Å². The van der Waals surface area contributed by atoms with Crippen molar-refractivity contribution in [3.63, 3.8) is 0 Å². The molecule has 1 aromatic rings. The van der Waals surface area contributed by atoms with Gasteiger partial charge in [0.15, 0.2) is 5.69 Å². The van der Waals surface area contributed by atoms with E-state index in [-0.39, 0.29) is 12.5 Å². The topological polar surface area (TPSA) is 58.7 Å². The van der Waals surface area contributed by atoms with E-state index in [4.69, 9.17) is 0 Å². The van der Waals surface area contributed by atoms with E-state index in [0.29, 0.717) is 10.5 Å². The number of anilines is 1. The Labute approximate surface area is 74.5 Å². The van der Waals surface area contributed by atoms with Crippen molar-refractivity contribution in [2.45, 2.75) is 0 Å². The Morgan fingerprint density at radius 2 is 2.08 bits per heavy atom. The highest BCUT2D eigenvalue weighted by Crippen LogP contribution is 2.16. The lowest BCUT2D eigenvalue weighted by Gasteiger charge is -1.99. The van der Waals surface area contributed by atoms with E-state index >= 15 is 0 Å². The van der Waals surface area contributed by atoms with Crippen molar-refractivity contribution in [1.29, 1.82) is 0 Å². The van der Waals surface area contributed by atoms with E-state index in [0.717, 1.165) is 5.01 Å². The van der Waals surface area contributed by atoms with Crippen LogP contribution in [0.5, 0.6) is 0 Å². The van der Waals surface area contributed by atoms with Crippen LogP contribution in [0.3, 0.4) is 0 Å². The molecule has 1 aromatic carbocycles. The maximum atomic E-state index is 11.2. The van der Waals surface area contributed by atoms with E-state index in [2.05, 4.69) is 5.22 Å². The van der Waals surface area contributed by atoms with Gasteiger partial charge in [0.1, 0.15) is 0 Å². The quantitative estimate of drug-likeness (QED) is 0.473. The first-order chi connectivity index (χ1) is 6.27. The van der Waals surface area contributed by atoms with Gasteiger partial charge in [-0.05, 0) is 12.1 Å². The molecule has 5 heteroatoms. The summed E-state index contributed by atoms with van der Waals surface area (Å²) in [7, 11) is 0. The molecule has 0 saturated carbocycles. The molecule has 66 valence electrons. The summed E-state index contributed by atoms with van der Waals surface area (Å²) in [5.74, 6) is -0.304. The second-order valence-electron chi connectivity index (χ2n) is 2.64. The fraction of sp³-hybridized carbons (Fsp3) is 0.125. The zero-order chi connectivity index (χ0) is 9.26. The average molecular weight is 177 g/mol. The molecule has 0 unspecified atom stereocenters. The summed E-state index contributed by atoms with van der Waals surface area (Å²) in [4.78, 5) is 11.5. The van der Waals surface area contributed by atoms with Crippen LogP contribution >= 0.6 is 0 Å². The fourth-order valence-corrected chi connectivity index (χ4v) is 1.13. The maximum absolute atomic E-state index is 11.2. The number of carbonyl (C=O) groups excluding carboxylic acids is 1. The summed E-state index contributed by atoms with van der Waals surface area (Å²) in [6.45, 7) is -0.200. The number of para-hydroxylation sites is 1. The monoisotopic (exact) mass is 177 g/mol. The van der Waals surface area contributed by atoms with Crippen LogP contribution in [0.2, 0.25) is 0 Å². The smallest absolute Gasteiger partial charge is 0.379 e. The molecule has 0 aliphatic carbocycles. The molecule has 0 aromatic heterocycles. The summed E-state index contributed by atoms with van der Waals surface area (Å²) < 4.78 is 0. The molecule has 0 radical (unpaired) electrons. The minimum atomic E-state index is -0.304. The van der Waals surface area contributed by atoms with Gasteiger partial charge in [0.2, 0.25) is 6.54 Å². The zero-order valence-corrected chi connectivity index (χ0v) is 6.75. The van der Waals surface area contributed by atoms with Crippen LogP contribution in [0.25, 0.3) is 0 Å². The summed E-state index contributed by atoms with van der Waals surface area (Å²) in [6, 6.07) is 8.84. The third kappa shape index (κ3) is 1.35. The number of amides is 1. The SMILES string of the molecule is O=C1C[N+]([O-])=NN1c1ccccc1. The van der Waals surface area contributed by atoms with Crippen LogP contribution in [0.1, 0.15) is 0 Å². The van der Waals surface area contributed by atoms with Gasteiger partial charge in [-0.3, -0.25) is 0 Å². The molecule has 0 spiro atoms. The van der Waals surface area contributed by atoms with Gasteiger partial charge in [0.25, 0.3) is 0 Å². The van der Waals surface area contributed by atoms with E-state index in [1.165, 1.54) is 0 Å². The standard InChI is InChI=1S/C8H7N3O2/c12-8-6-10(13)9-11(8)7-4-2-1-3-5-7/h1-5H,6H2. The third-order valence-electron chi connectivity index (χ3n) is 1.70. The van der Waals surface area contributed by atoms with Crippen molar-refractivity contribution in [3.8, 4) is 0 Å². The van der Waals surface area contributed by atoms with Gasteiger partial charge in [-0.1, -0.05) is 23.2 Å². The lowest BCUT2D eigenvalue weighted by molar-refractivity contribution is -0.508. The minimum absolute atomic E-state index is 0.200. The number of nitrogens with zero attached hydrogens (tertiary/aromatic N) is 3. The van der Waals surface area contributed by atoms with Crippen molar-refractivity contribution < 1.29 is 9.66 Å². The predicted molar refractivity (Wildman–Crippen MR) is 44.9 cm³/mol. The third-order valence-corrected chi connectivity index (χ3v) is 1.70. The molecule has 1 aliphatic rings. The Balaban J connectivity index is 2.33. The number of benzene rings is 1. The van der Waals surface area contributed by atoms with E-state index in [1.807, 2.05) is 6.07 Å². The molecule has 1 heterocycles. The second-order valence-corrected chi connectivity index (χ2v) is 2.64. The van der Waals surface area contributed by atoms with Gasteiger partial charge in [-0.25, -0.2) is 4.79 Å². The highest BCUT2D eigenvalue weighted by Gasteiger charge is 2.30. The van der Waals surface area contributed by atoms with Gasteiger partial charge < -0.3 is 5.21 Å². The minimum Gasteiger partial charge on any atom is -0.695 e. The molecule has 0 saturated heterocycles. The van der Waals surface area contributed by atoms with Crippen LogP contribution < -0.4 is 5.01 Å². The molecule has 13 heavy (non-hydrogen) atoms.